The molecule has 3 aromatic rings. The average Bonchev–Trinajstić information content (AvgIpc) is 3.02. The van der Waals surface area contributed by atoms with Crippen molar-refractivity contribution in [1.29, 1.82) is 0 Å². The van der Waals surface area contributed by atoms with Crippen LogP contribution in [-0.2, 0) is 0 Å². The van der Waals surface area contributed by atoms with Gasteiger partial charge in [0.15, 0.2) is 5.78 Å². The molecule has 0 aliphatic carbocycles. The normalized spacial score (nSPS) is 10.4. The van der Waals surface area contributed by atoms with Crippen LogP contribution in [0.4, 0.5) is 10.1 Å². The zero-order valence-electron chi connectivity index (χ0n) is 12.6. The van der Waals surface area contributed by atoms with E-state index in [-0.39, 0.29) is 11.7 Å². The second kappa shape index (κ2) is 6.67. The van der Waals surface area contributed by atoms with Crippen molar-refractivity contribution in [2.75, 3.05) is 5.32 Å². The van der Waals surface area contributed by atoms with Crippen molar-refractivity contribution in [3.8, 4) is 0 Å². The predicted octanol–water partition coefficient (Wildman–Crippen LogP) is 3.47. The van der Waals surface area contributed by atoms with E-state index in [9.17, 15) is 14.0 Å². The molecule has 0 atom stereocenters. The fourth-order valence-electron chi connectivity index (χ4n) is 2.10. The SMILES string of the molecule is Cc1nnsc1C(=O)Nc1ccc(C(=O)c2ccc(F)cc2)cc1. The maximum atomic E-state index is 12.9. The highest BCUT2D eigenvalue weighted by Gasteiger charge is 2.14. The lowest BCUT2D eigenvalue weighted by molar-refractivity contribution is 0.102. The van der Waals surface area contributed by atoms with Gasteiger partial charge in [-0.3, -0.25) is 9.59 Å². The first kappa shape index (κ1) is 15.9. The smallest absolute Gasteiger partial charge is 0.269 e. The van der Waals surface area contributed by atoms with E-state index in [0.717, 1.165) is 11.5 Å². The van der Waals surface area contributed by atoms with E-state index in [1.54, 1.807) is 31.2 Å². The van der Waals surface area contributed by atoms with Gasteiger partial charge in [0, 0.05) is 16.8 Å². The zero-order chi connectivity index (χ0) is 17.1. The zero-order valence-corrected chi connectivity index (χ0v) is 13.4. The molecule has 3 rings (SSSR count). The summed E-state index contributed by atoms with van der Waals surface area (Å²) >= 11 is 1.03. The molecule has 7 heteroatoms. The molecule has 0 fully saturated rings. The molecule has 0 radical (unpaired) electrons. The molecule has 120 valence electrons. The summed E-state index contributed by atoms with van der Waals surface area (Å²) in [5.41, 5.74) is 1.99. The number of ketones is 1. The van der Waals surface area contributed by atoms with Crippen LogP contribution < -0.4 is 5.32 Å². The number of halogens is 1. The third-order valence-corrected chi connectivity index (χ3v) is 4.20. The summed E-state index contributed by atoms with van der Waals surface area (Å²) in [5, 5.41) is 6.52. The Morgan fingerprint density at radius 1 is 1.00 bits per heavy atom. The number of amides is 1. The van der Waals surface area contributed by atoms with Gasteiger partial charge in [0.2, 0.25) is 0 Å². The number of aromatic nitrogens is 2. The van der Waals surface area contributed by atoms with E-state index in [4.69, 9.17) is 0 Å². The lowest BCUT2D eigenvalue weighted by Crippen LogP contribution is -2.11. The first-order valence-electron chi connectivity index (χ1n) is 7.05. The highest BCUT2D eigenvalue weighted by atomic mass is 32.1. The van der Waals surface area contributed by atoms with Crippen LogP contribution in [0, 0.1) is 12.7 Å². The first-order chi connectivity index (χ1) is 11.5. The Morgan fingerprint density at radius 3 is 2.12 bits per heavy atom. The molecule has 1 N–H and O–H groups in total. The summed E-state index contributed by atoms with van der Waals surface area (Å²) in [5.74, 6) is -0.895. The summed E-state index contributed by atoms with van der Waals surface area (Å²) in [6, 6.07) is 11.9. The molecule has 0 aliphatic heterocycles. The molecule has 1 amide bonds. The van der Waals surface area contributed by atoms with Gasteiger partial charge in [-0.25, -0.2) is 4.39 Å². The van der Waals surface area contributed by atoms with E-state index in [0.29, 0.717) is 27.4 Å². The van der Waals surface area contributed by atoms with Crippen LogP contribution >= 0.6 is 11.5 Å². The summed E-state index contributed by atoms with van der Waals surface area (Å²) in [6.45, 7) is 1.71. The number of anilines is 1. The Balaban J connectivity index is 1.73. The minimum absolute atomic E-state index is 0.213. The molecule has 24 heavy (non-hydrogen) atoms. The van der Waals surface area contributed by atoms with Crippen molar-refractivity contribution in [2.45, 2.75) is 6.92 Å². The van der Waals surface area contributed by atoms with Crippen molar-refractivity contribution >= 4 is 28.9 Å². The number of aryl methyl sites for hydroxylation is 1. The number of nitrogens with zero attached hydrogens (tertiary/aromatic N) is 2. The summed E-state index contributed by atoms with van der Waals surface area (Å²) in [4.78, 5) is 24.8. The molecule has 0 bridgehead atoms. The quantitative estimate of drug-likeness (QED) is 0.738. The lowest BCUT2D eigenvalue weighted by atomic mass is 10.0. The van der Waals surface area contributed by atoms with Crippen LogP contribution in [-0.4, -0.2) is 21.3 Å². The monoisotopic (exact) mass is 341 g/mol. The van der Waals surface area contributed by atoms with Gasteiger partial charge in [0.1, 0.15) is 10.7 Å². The van der Waals surface area contributed by atoms with Crippen LogP contribution in [0.3, 0.4) is 0 Å². The molecule has 0 unspecified atom stereocenters. The van der Waals surface area contributed by atoms with Crippen molar-refractivity contribution < 1.29 is 14.0 Å². The first-order valence-corrected chi connectivity index (χ1v) is 7.82. The number of hydrogen-bond acceptors (Lipinski definition) is 5. The molecule has 2 aromatic carbocycles. The van der Waals surface area contributed by atoms with Gasteiger partial charge in [-0.1, -0.05) is 4.49 Å². The maximum absolute atomic E-state index is 12.9. The van der Waals surface area contributed by atoms with E-state index in [1.807, 2.05) is 0 Å². The molecule has 0 spiro atoms. The second-order valence-electron chi connectivity index (χ2n) is 5.05. The van der Waals surface area contributed by atoms with Gasteiger partial charge in [0.25, 0.3) is 5.91 Å². The molecular weight excluding hydrogens is 329 g/mol. The Kier molecular flexibility index (Phi) is 4.43. The number of carbonyl (C=O) groups excluding carboxylic acids is 2. The molecule has 0 saturated carbocycles. The molecule has 1 heterocycles. The van der Waals surface area contributed by atoms with E-state index in [1.165, 1.54) is 24.3 Å². The number of nitrogens with one attached hydrogen (secondary N) is 1. The highest BCUT2D eigenvalue weighted by molar-refractivity contribution is 7.08. The van der Waals surface area contributed by atoms with Crippen LogP contribution in [0.25, 0.3) is 0 Å². The van der Waals surface area contributed by atoms with Gasteiger partial charge in [-0.05, 0) is 67.0 Å². The van der Waals surface area contributed by atoms with Crippen molar-refractivity contribution in [3.05, 3.63) is 76.0 Å². The van der Waals surface area contributed by atoms with Crippen LogP contribution in [0.1, 0.15) is 31.3 Å². The predicted molar refractivity (Wildman–Crippen MR) is 88.9 cm³/mol. The lowest BCUT2D eigenvalue weighted by Gasteiger charge is -2.05. The number of carbonyl (C=O) groups is 2. The largest absolute Gasteiger partial charge is 0.321 e. The summed E-state index contributed by atoms with van der Waals surface area (Å²) < 4.78 is 16.6. The van der Waals surface area contributed by atoms with E-state index < -0.39 is 5.82 Å². The third kappa shape index (κ3) is 3.36. The Morgan fingerprint density at radius 2 is 1.58 bits per heavy atom. The Labute approximate surface area is 141 Å². The van der Waals surface area contributed by atoms with Crippen LogP contribution in [0.5, 0.6) is 0 Å². The molecule has 1 aromatic heterocycles. The molecular formula is C17H12FN3O2S. The average molecular weight is 341 g/mol. The number of benzene rings is 2. The van der Waals surface area contributed by atoms with E-state index in [2.05, 4.69) is 14.9 Å². The Bertz CT molecular complexity index is 889. The van der Waals surface area contributed by atoms with Gasteiger partial charge in [-0.2, -0.15) is 0 Å². The van der Waals surface area contributed by atoms with Crippen LogP contribution in [0.2, 0.25) is 0 Å². The van der Waals surface area contributed by atoms with Gasteiger partial charge in [0.05, 0.1) is 5.69 Å². The topological polar surface area (TPSA) is 72.0 Å². The van der Waals surface area contributed by atoms with Gasteiger partial charge < -0.3 is 5.32 Å². The maximum Gasteiger partial charge on any atom is 0.269 e. The molecule has 0 aliphatic rings. The Hall–Kier alpha value is -2.93. The molecule has 0 saturated heterocycles. The van der Waals surface area contributed by atoms with Crippen molar-refractivity contribution in [3.63, 3.8) is 0 Å². The number of hydrogen-bond donors (Lipinski definition) is 1. The van der Waals surface area contributed by atoms with Gasteiger partial charge >= 0.3 is 0 Å². The van der Waals surface area contributed by atoms with Crippen molar-refractivity contribution in [1.82, 2.24) is 9.59 Å². The summed E-state index contributed by atoms with van der Waals surface area (Å²) in [6.07, 6.45) is 0. The van der Waals surface area contributed by atoms with Crippen LogP contribution in [0.15, 0.2) is 48.5 Å². The highest BCUT2D eigenvalue weighted by Crippen LogP contribution is 2.17. The van der Waals surface area contributed by atoms with E-state index >= 15 is 0 Å². The fourth-order valence-corrected chi connectivity index (χ4v) is 2.65. The standard InChI is InChI=1S/C17H12FN3O2S/c1-10-16(24-21-20-10)17(23)19-14-8-4-12(5-9-14)15(22)11-2-6-13(18)7-3-11/h2-9H,1H3,(H,19,23). The van der Waals surface area contributed by atoms with Crippen molar-refractivity contribution in [2.24, 2.45) is 0 Å². The number of rotatable bonds is 4. The third-order valence-electron chi connectivity index (χ3n) is 3.37. The minimum Gasteiger partial charge on any atom is -0.321 e. The molecule has 5 nitrogen and oxygen atoms in total. The fraction of sp³-hybridized carbons (Fsp3) is 0.0588. The second-order valence-corrected chi connectivity index (χ2v) is 5.81. The summed E-state index contributed by atoms with van der Waals surface area (Å²) in [7, 11) is 0. The van der Waals surface area contributed by atoms with Gasteiger partial charge in [-0.15, -0.1) is 5.10 Å². The minimum atomic E-state index is -0.391.